The van der Waals surface area contributed by atoms with Gasteiger partial charge in [-0.05, 0) is 0 Å². The van der Waals surface area contributed by atoms with E-state index in [4.69, 9.17) is 58.0 Å². The Kier molecular flexibility index (Phi) is 50.5. The molecule has 0 aliphatic heterocycles. The number of esters is 6. The number of hydrogen-bond acceptors (Lipinski definition) is 18. The maximum Gasteiger partial charge on any atom is 0.330 e. The molecule has 0 unspecified atom stereocenters. The Labute approximate surface area is 335 Å². The van der Waals surface area contributed by atoms with Gasteiger partial charge in [0.15, 0.2) is 0 Å². The number of ether oxygens (including phenoxy) is 9. The van der Waals surface area contributed by atoms with Gasteiger partial charge in [0, 0.05) is 115 Å². The van der Waals surface area contributed by atoms with Crippen molar-refractivity contribution in [2.75, 3.05) is 92.5 Å². The van der Waals surface area contributed by atoms with Gasteiger partial charge in [0.05, 0.1) is 52.9 Å². The van der Waals surface area contributed by atoms with Crippen LogP contribution in [-0.2, 0) is 71.4 Å². The van der Waals surface area contributed by atoms with E-state index in [1.165, 1.54) is 0 Å². The molecular formula is C39H62O18. The summed E-state index contributed by atoms with van der Waals surface area (Å²) in [5.41, 5.74) is 0. The van der Waals surface area contributed by atoms with Crippen LogP contribution in [-0.4, -0.2) is 150 Å². The molecule has 0 spiro atoms. The van der Waals surface area contributed by atoms with E-state index in [0.717, 1.165) is 36.5 Å². The number of rotatable bonds is 32. The van der Waals surface area contributed by atoms with Crippen LogP contribution in [0.15, 0.2) is 75.9 Å². The largest absolute Gasteiger partial charge is 0.462 e. The van der Waals surface area contributed by atoms with Crippen molar-refractivity contribution in [3.63, 3.8) is 0 Å². The zero-order valence-electron chi connectivity index (χ0n) is 32.9. The first-order valence-electron chi connectivity index (χ1n) is 17.8. The molecule has 0 rings (SSSR count). The van der Waals surface area contributed by atoms with Crippen molar-refractivity contribution in [3.8, 4) is 0 Å². The highest BCUT2D eigenvalue weighted by Crippen LogP contribution is 1.93. The summed E-state index contributed by atoms with van der Waals surface area (Å²) in [6, 6.07) is 0. The molecule has 18 nitrogen and oxygen atoms in total. The predicted octanol–water partition coefficient (Wildman–Crippen LogP) is 2.06. The summed E-state index contributed by atoms with van der Waals surface area (Å²) in [7, 11) is 0. The minimum absolute atomic E-state index is 0.316. The molecule has 0 amide bonds. The zero-order chi connectivity index (χ0) is 43.8. The Morgan fingerprint density at radius 2 is 0.509 bits per heavy atom. The lowest BCUT2D eigenvalue weighted by Gasteiger charge is -2.05. The van der Waals surface area contributed by atoms with Crippen molar-refractivity contribution >= 4 is 35.8 Å². The zero-order valence-corrected chi connectivity index (χ0v) is 32.9. The second-order valence-electron chi connectivity index (χ2n) is 10.2. The molecule has 3 N–H and O–H groups in total. The third kappa shape index (κ3) is 55.5. The average molecular weight is 819 g/mol. The second-order valence-corrected chi connectivity index (χ2v) is 10.2. The van der Waals surface area contributed by atoms with Crippen LogP contribution in [0.25, 0.3) is 0 Å². The number of aliphatic hydroxyl groups is 3. The van der Waals surface area contributed by atoms with Crippen molar-refractivity contribution in [2.24, 2.45) is 0 Å². The average Bonchev–Trinajstić information content (AvgIpc) is 3.23. The van der Waals surface area contributed by atoms with Crippen LogP contribution in [0.1, 0.15) is 38.5 Å². The van der Waals surface area contributed by atoms with Crippen LogP contribution in [0, 0.1) is 0 Å². The number of carbonyl (C=O) groups is 6. The Bertz CT molecular complexity index is 910. The van der Waals surface area contributed by atoms with Gasteiger partial charge in [0.25, 0.3) is 0 Å². The van der Waals surface area contributed by atoms with Gasteiger partial charge in [-0.25, -0.2) is 28.8 Å². The van der Waals surface area contributed by atoms with Crippen molar-refractivity contribution in [1.29, 1.82) is 0 Å². The quantitative estimate of drug-likeness (QED) is 0.0380. The minimum Gasteiger partial charge on any atom is -0.462 e. The Morgan fingerprint density at radius 3 is 0.614 bits per heavy atom. The van der Waals surface area contributed by atoms with Crippen molar-refractivity contribution in [3.05, 3.63) is 75.9 Å². The standard InChI is InChI=1S/3C12H18O5.C3H8O3/c3*1-3-11(13)16-9-5-7-15-8-6-10-17-12(14)4-2;4-1-3(6)2-5/h3*3-4H,1-2,5-10H2;3-6H,1-2H2. The first-order valence-corrected chi connectivity index (χ1v) is 17.8. The normalized spacial score (nSPS) is 9.47. The fourth-order valence-electron chi connectivity index (χ4n) is 2.72. The van der Waals surface area contributed by atoms with Gasteiger partial charge >= 0.3 is 35.8 Å². The molecule has 0 aromatic carbocycles. The van der Waals surface area contributed by atoms with Gasteiger partial charge in [-0.1, -0.05) is 39.5 Å². The molecule has 0 radical (unpaired) electrons. The molecule has 326 valence electrons. The molecular weight excluding hydrogens is 756 g/mol. The van der Waals surface area contributed by atoms with E-state index in [1.54, 1.807) is 0 Å². The summed E-state index contributed by atoms with van der Waals surface area (Å²) in [6.45, 7) is 23.8. The molecule has 0 fully saturated rings. The fourth-order valence-corrected chi connectivity index (χ4v) is 2.72. The van der Waals surface area contributed by atoms with Gasteiger partial charge in [0.2, 0.25) is 0 Å². The molecule has 0 aliphatic carbocycles. The minimum atomic E-state index is -0.954. The third-order valence-electron chi connectivity index (χ3n) is 5.49. The van der Waals surface area contributed by atoms with Crippen molar-refractivity contribution in [2.45, 2.75) is 44.6 Å². The maximum absolute atomic E-state index is 10.6. The molecule has 0 aromatic heterocycles. The molecule has 0 saturated heterocycles. The van der Waals surface area contributed by atoms with Crippen LogP contribution >= 0.6 is 0 Å². The number of hydrogen-bond donors (Lipinski definition) is 3. The predicted molar refractivity (Wildman–Crippen MR) is 207 cm³/mol. The molecule has 0 aromatic rings. The molecule has 0 bridgehead atoms. The lowest BCUT2D eigenvalue weighted by molar-refractivity contribution is -0.139. The van der Waals surface area contributed by atoms with E-state index in [9.17, 15) is 28.8 Å². The summed E-state index contributed by atoms with van der Waals surface area (Å²) < 4.78 is 44.2. The van der Waals surface area contributed by atoms with Gasteiger partial charge in [0.1, 0.15) is 6.10 Å². The summed E-state index contributed by atoms with van der Waals surface area (Å²) >= 11 is 0. The first-order chi connectivity index (χ1) is 27.4. The molecule has 18 heteroatoms. The van der Waals surface area contributed by atoms with Gasteiger partial charge < -0.3 is 58.0 Å². The van der Waals surface area contributed by atoms with E-state index >= 15 is 0 Å². The topological polar surface area (TPSA) is 246 Å². The monoisotopic (exact) mass is 818 g/mol. The highest BCUT2D eigenvalue weighted by atomic mass is 16.6. The molecule has 57 heavy (non-hydrogen) atoms. The van der Waals surface area contributed by atoms with Crippen LogP contribution in [0.3, 0.4) is 0 Å². The van der Waals surface area contributed by atoms with E-state index in [2.05, 4.69) is 39.5 Å². The lowest BCUT2D eigenvalue weighted by atomic mass is 10.4. The second kappa shape index (κ2) is 49.0. The Hall–Kier alpha value is -4.98. The molecule has 0 atom stereocenters. The van der Waals surface area contributed by atoms with Crippen LogP contribution in [0.5, 0.6) is 0 Å². The fraction of sp³-hybridized carbons (Fsp3) is 0.538. The first kappa shape index (κ1) is 58.7. The summed E-state index contributed by atoms with van der Waals surface area (Å²) in [5, 5.41) is 24.0. The van der Waals surface area contributed by atoms with Crippen LogP contribution < -0.4 is 0 Å². The lowest BCUT2D eigenvalue weighted by Crippen LogP contribution is -2.15. The van der Waals surface area contributed by atoms with E-state index in [1.807, 2.05) is 0 Å². The highest BCUT2D eigenvalue weighted by Gasteiger charge is 2.00. The van der Waals surface area contributed by atoms with E-state index in [-0.39, 0.29) is 13.2 Å². The van der Waals surface area contributed by atoms with Crippen LogP contribution in [0.2, 0.25) is 0 Å². The Balaban J connectivity index is -0.000000344. The number of aliphatic hydroxyl groups excluding tert-OH is 3. The van der Waals surface area contributed by atoms with E-state index < -0.39 is 41.9 Å². The SMILES string of the molecule is C=CC(=O)OCCCOCCCOC(=O)C=C.C=CC(=O)OCCCOCCCOC(=O)C=C.C=CC(=O)OCCCOCCCOC(=O)C=C.OCC(O)CO. The molecule has 0 aliphatic rings. The smallest absolute Gasteiger partial charge is 0.330 e. The van der Waals surface area contributed by atoms with Gasteiger partial charge in [-0.2, -0.15) is 0 Å². The van der Waals surface area contributed by atoms with E-state index in [0.29, 0.717) is 118 Å². The third-order valence-corrected chi connectivity index (χ3v) is 5.49. The summed E-state index contributed by atoms with van der Waals surface area (Å²) in [6.07, 6.45) is 9.55. The van der Waals surface area contributed by atoms with Gasteiger partial charge in [-0.3, -0.25) is 0 Å². The van der Waals surface area contributed by atoms with Gasteiger partial charge in [-0.15, -0.1) is 0 Å². The Morgan fingerprint density at radius 1 is 0.351 bits per heavy atom. The summed E-state index contributed by atoms with van der Waals surface area (Å²) in [4.78, 5) is 63.8. The maximum atomic E-state index is 10.6. The number of carbonyl (C=O) groups excluding carboxylic acids is 6. The molecule has 0 heterocycles. The highest BCUT2D eigenvalue weighted by molar-refractivity contribution is 5.82. The molecule has 0 saturated carbocycles. The van der Waals surface area contributed by atoms with Crippen molar-refractivity contribution in [1.82, 2.24) is 0 Å². The van der Waals surface area contributed by atoms with Crippen molar-refractivity contribution < 1.29 is 86.7 Å². The summed E-state index contributed by atoms with van der Waals surface area (Å²) in [5.74, 6) is -2.58. The van der Waals surface area contributed by atoms with Crippen LogP contribution in [0.4, 0.5) is 0 Å².